The molecule has 0 aromatic rings. The Balaban J connectivity index is 0.00000176. The van der Waals surface area contributed by atoms with E-state index in [0.29, 0.717) is 19.8 Å². The molecule has 128 valence electrons. The summed E-state index contributed by atoms with van der Waals surface area (Å²) in [6.45, 7) is 5.18. The predicted octanol–water partition coefficient (Wildman–Crippen LogP) is 1.58. The normalized spacial score (nSPS) is 31.6. The maximum Gasteiger partial charge on any atom is 0.230 e. The van der Waals surface area contributed by atoms with Gasteiger partial charge >= 0.3 is 0 Å². The van der Waals surface area contributed by atoms with Crippen molar-refractivity contribution in [1.29, 1.82) is 0 Å². The van der Waals surface area contributed by atoms with Crippen LogP contribution < -0.4 is 5.73 Å². The SMILES string of the molecule is Cl.NCC1(C(=O)N2CCCC3(CCCOC3)C2)CCOCC1. The molecule has 1 spiro atoms. The van der Waals surface area contributed by atoms with Gasteiger partial charge in [0.05, 0.1) is 12.0 Å². The fourth-order valence-electron chi connectivity index (χ4n) is 4.22. The summed E-state index contributed by atoms with van der Waals surface area (Å²) in [7, 11) is 0. The van der Waals surface area contributed by atoms with E-state index in [4.69, 9.17) is 15.2 Å². The highest BCUT2D eigenvalue weighted by atomic mass is 35.5. The fraction of sp³-hybridized carbons (Fsp3) is 0.938. The van der Waals surface area contributed by atoms with Crippen LogP contribution in [0.5, 0.6) is 0 Å². The Bertz CT molecular complexity index is 374. The lowest BCUT2D eigenvalue weighted by atomic mass is 9.73. The highest BCUT2D eigenvalue weighted by Gasteiger charge is 2.45. The molecule has 0 saturated carbocycles. The van der Waals surface area contributed by atoms with Crippen LogP contribution in [0.15, 0.2) is 0 Å². The smallest absolute Gasteiger partial charge is 0.230 e. The quantitative estimate of drug-likeness (QED) is 0.834. The molecule has 3 heterocycles. The van der Waals surface area contributed by atoms with Crippen LogP contribution in [0.4, 0.5) is 0 Å². The van der Waals surface area contributed by atoms with Crippen LogP contribution in [-0.4, -0.2) is 56.9 Å². The Morgan fingerprint density at radius 1 is 1.05 bits per heavy atom. The number of hydrogen-bond acceptors (Lipinski definition) is 4. The molecule has 0 aliphatic carbocycles. The van der Waals surface area contributed by atoms with Crippen molar-refractivity contribution in [2.75, 3.05) is 46.1 Å². The van der Waals surface area contributed by atoms with E-state index < -0.39 is 0 Å². The van der Waals surface area contributed by atoms with Crippen LogP contribution in [0.25, 0.3) is 0 Å². The minimum absolute atomic E-state index is 0. The number of amides is 1. The van der Waals surface area contributed by atoms with E-state index in [1.54, 1.807) is 0 Å². The lowest BCUT2D eigenvalue weighted by molar-refractivity contribution is -0.153. The molecule has 3 aliphatic heterocycles. The average molecular weight is 333 g/mol. The number of likely N-dealkylation sites (tertiary alicyclic amines) is 1. The Kier molecular flexibility index (Phi) is 6.11. The first-order valence-corrected chi connectivity index (χ1v) is 8.35. The first-order chi connectivity index (χ1) is 10.2. The second-order valence-corrected chi connectivity index (χ2v) is 7.08. The van der Waals surface area contributed by atoms with Gasteiger partial charge in [-0.15, -0.1) is 12.4 Å². The molecular formula is C16H29ClN2O3. The zero-order valence-electron chi connectivity index (χ0n) is 13.3. The van der Waals surface area contributed by atoms with Crippen LogP contribution in [0.2, 0.25) is 0 Å². The Hall–Kier alpha value is -0.360. The molecule has 2 N–H and O–H groups in total. The summed E-state index contributed by atoms with van der Waals surface area (Å²) in [5, 5.41) is 0. The van der Waals surface area contributed by atoms with Crippen molar-refractivity contribution >= 4 is 18.3 Å². The molecule has 1 unspecified atom stereocenters. The third kappa shape index (κ3) is 3.42. The van der Waals surface area contributed by atoms with Gasteiger partial charge in [0.25, 0.3) is 0 Å². The average Bonchev–Trinajstić information content (AvgIpc) is 2.55. The summed E-state index contributed by atoms with van der Waals surface area (Å²) in [5.41, 5.74) is 5.81. The molecule has 0 bridgehead atoms. The largest absolute Gasteiger partial charge is 0.381 e. The lowest BCUT2D eigenvalue weighted by Gasteiger charge is -2.48. The van der Waals surface area contributed by atoms with Crippen molar-refractivity contribution in [3.63, 3.8) is 0 Å². The van der Waals surface area contributed by atoms with Crippen molar-refractivity contribution in [2.45, 2.75) is 38.5 Å². The van der Waals surface area contributed by atoms with Gasteiger partial charge in [-0.25, -0.2) is 0 Å². The number of carbonyl (C=O) groups is 1. The molecule has 0 radical (unpaired) electrons. The standard InChI is InChI=1S/C16H28N2O3.ClH/c17-11-16(5-9-20-10-6-16)14(19)18-7-1-3-15(12-18)4-2-8-21-13-15;/h1-13,17H2;1H. The molecule has 1 atom stereocenters. The minimum Gasteiger partial charge on any atom is -0.381 e. The Morgan fingerprint density at radius 2 is 1.77 bits per heavy atom. The molecule has 0 aromatic carbocycles. The van der Waals surface area contributed by atoms with E-state index >= 15 is 0 Å². The Morgan fingerprint density at radius 3 is 2.41 bits per heavy atom. The molecule has 1 amide bonds. The van der Waals surface area contributed by atoms with Crippen LogP contribution in [0, 0.1) is 10.8 Å². The topological polar surface area (TPSA) is 64.8 Å². The van der Waals surface area contributed by atoms with Gasteiger partial charge in [0, 0.05) is 44.9 Å². The van der Waals surface area contributed by atoms with E-state index in [1.807, 2.05) is 0 Å². The van der Waals surface area contributed by atoms with Crippen molar-refractivity contribution in [3.05, 3.63) is 0 Å². The number of nitrogens with zero attached hydrogens (tertiary/aromatic N) is 1. The van der Waals surface area contributed by atoms with Crippen molar-refractivity contribution in [3.8, 4) is 0 Å². The summed E-state index contributed by atoms with van der Waals surface area (Å²) in [4.78, 5) is 15.2. The van der Waals surface area contributed by atoms with E-state index in [2.05, 4.69) is 4.90 Å². The molecule has 0 aromatic heterocycles. The second-order valence-electron chi connectivity index (χ2n) is 7.08. The second kappa shape index (κ2) is 7.47. The lowest BCUT2D eigenvalue weighted by Crippen LogP contribution is -2.56. The number of piperidine rings is 1. The first-order valence-electron chi connectivity index (χ1n) is 8.35. The maximum atomic E-state index is 13.1. The van der Waals surface area contributed by atoms with Gasteiger partial charge < -0.3 is 20.1 Å². The van der Waals surface area contributed by atoms with Gasteiger partial charge in [0.1, 0.15) is 0 Å². The molecule has 6 heteroatoms. The van der Waals surface area contributed by atoms with Gasteiger partial charge in [0.2, 0.25) is 5.91 Å². The number of nitrogens with two attached hydrogens (primary N) is 1. The number of hydrogen-bond donors (Lipinski definition) is 1. The maximum absolute atomic E-state index is 13.1. The van der Waals surface area contributed by atoms with Gasteiger partial charge in [-0.05, 0) is 38.5 Å². The minimum atomic E-state index is -0.383. The number of halogens is 1. The molecule has 22 heavy (non-hydrogen) atoms. The highest BCUT2D eigenvalue weighted by molar-refractivity contribution is 5.85. The monoisotopic (exact) mass is 332 g/mol. The van der Waals surface area contributed by atoms with Gasteiger partial charge in [-0.2, -0.15) is 0 Å². The van der Waals surface area contributed by atoms with Crippen LogP contribution >= 0.6 is 12.4 Å². The van der Waals surface area contributed by atoms with E-state index in [-0.39, 0.29) is 29.1 Å². The number of rotatable bonds is 2. The van der Waals surface area contributed by atoms with Crippen molar-refractivity contribution in [2.24, 2.45) is 16.6 Å². The van der Waals surface area contributed by atoms with E-state index in [9.17, 15) is 4.79 Å². The van der Waals surface area contributed by atoms with Gasteiger partial charge in [0.15, 0.2) is 0 Å². The zero-order valence-corrected chi connectivity index (χ0v) is 14.2. The number of carbonyl (C=O) groups excluding carboxylic acids is 1. The summed E-state index contributed by atoms with van der Waals surface area (Å²) in [6.07, 6.45) is 6.12. The molecular weight excluding hydrogens is 304 g/mol. The van der Waals surface area contributed by atoms with Crippen LogP contribution in [-0.2, 0) is 14.3 Å². The predicted molar refractivity (Wildman–Crippen MR) is 87.1 cm³/mol. The third-order valence-electron chi connectivity index (χ3n) is 5.65. The first kappa shape index (κ1) is 18.0. The summed E-state index contributed by atoms with van der Waals surface area (Å²) >= 11 is 0. The highest BCUT2D eigenvalue weighted by Crippen LogP contribution is 2.40. The summed E-state index contributed by atoms with van der Waals surface area (Å²) in [6, 6.07) is 0. The molecule has 5 nitrogen and oxygen atoms in total. The van der Waals surface area contributed by atoms with Gasteiger partial charge in [-0.3, -0.25) is 4.79 Å². The molecule has 3 fully saturated rings. The van der Waals surface area contributed by atoms with E-state index in [1.165, 1.54) is 12.8 Å². The van der Waals surface area contributed by atoms with E-state index in [0.717, 1.165) is 52.0 Å². The molecule has 3 aliphatic rings. The zero-order chi connectivity index (χ0) is 14.8. The number of ether oxygens (including phenoxy) is 2. The Labute approximate surface area is 139 Å². The summed E-state index contributed by atoms with van der Waals surface area (Å²) < 4.78 is 11.1. The third-order valence-corrected chi connectivity index (χ3v) is 5.65. The molecule has 3 rings (SSSR count). The summed E-state index contributed by atoms with van der Waals surface area (Å²) in [5.74, 6) is 0.262. The van der Waals surface area contributed by atoms with Gasteiger partial charge in [-0.1, -0.05) is 0 Å². The van der Waals surface area contributed by atoms with Crippen LogP contribution in [0.3, 0.4) is 0 Å². The molecule has 3 saturated heterocycles. The fourth-order valence-corrected chi connectivity index (χ4v) is 4.22. The van der Waals surface area contributed by atoms with Crippen LogP contribution in [0.1, 0.15) is 38.5 Å². The van der Waals surface area contributed by atoms with Crippen molar-refractivity contribution < 1.29 is 14.3 Å². The van der Waals surface area contributed by atoms with Crippen molar-refractivity contribution in [1.82, 2.24) is 4.90 Å².